The van der Waals surface area contributed by atoms with Gasteiger partial charge < -0.3 is 4.42 Å². The van der Waals surface area contributed by atoms with Crippen LogP contribution in [-0.4, -0.2) is 9.97 Å². The van der Waals surface area contributed by atoms with Gasteiger partial charge in [0.05, 0.1) is 11.4 Å². The number of rotatable bonds is 5. The van der Waals surface area contributed by atoms with Crippen LogP contribution in [0, 0.1) is 26.7 Å². The number of fused-ring (bicyclic) bond motifs is 3. The Morgan fingerprint density at radius 2 is 1.65 bits per heavy atom. The molecule has 37 heavy (non-hydrogen) atoms. The molecule has 0 radical (unpaired) electrons. The van der Waals surface area contributed by atoms with Crippen LogP contribution in [0.15, 0.2) is 59.1 Å². The Balaban J connectivity index is 1.41. The Morgan fingerprint density at radius 1 is 0.865 bits per heavy atom. The van der Waals surface area contributed by atoms with Gasteiger partial charge in [-0.2, -0.15) is 0 Å². The zero-order valence-corrected chi connectivity index (χ0v) is 22.7. The van der Waals surface area contributed by atoms with Crippen LogP contribution in [0.4, 0.5) is 0 Å². The summed E-state index contributed by atoms with van der Waals surface area (Å²) in [6.07, 6.45) is 8.76. The predicted octanol–water partition coefficient (Wildman–Crippen LogP) is 9.49. The fraction of sp³-hybridized carbons (Fsp3) is 0.353. The van der Waals surface area contributed by atoms with Crippen LogP contribution in [-0.2, 0) is 6.42 Å². The molecule has 5 aromatic rings. The normalized spacial score (nSPS) is 14.4. The minimum Gasteiger partial charge on any atom is -0.438 e. The lowest BCUT2D eigenvalue weighted by atomic mass is 9.90. The number of aromatic nitrogens is 2. The summed E-state index contributed by atoms with van der Waals surface area (Å²) in [5, 5.41) is 2.14. The van der Waals surface area contributed by atoms with Crippen LogP contribution < -0.4 is 0 Å². The molecule has 1 aliphatic carbocycles. The molecule has 1 saturated carbocycles. The fourth-order valence-electron chi connectivity index (χ4n) is 6.19. The van der Waals surface area contributed by atoms with Crippen LogP contribution in [0.3, 0.4) is 0 Å². The number of pyridine rings is 2. The molecule has 0 saturated heterocycles. The first-order valence-corrected chi connectivity index (χ1v) is 13.8. The first kappa shape index (κ1) is 23.9. The molecule has 2 aromatic carbocycles. The lowest BCUT2D eigenvalue weighted by Gasteiger charge is -2.17. The van der Waals surface area contributed by atoms with Gasteiger partial charge >= 0.3 is 0 Å². The second-order valence-corrected chi connectivity index (χ2v) is 11.3. The van der Waals surface area contributed by atoms with E-state index < -0.39 is 0 Å². The number of benzene rings is 2. The van der Waals surface area contributed by atoms with Gasteiger partial charge in [0.25, 0.3) is 0 Å². The molecule has 0 aliphatic heterocycles. The Hall–Kier alpha value is -3.46. The third kappa shape index (κ3) is 4.35. The van der Waals surface area contributed by atoms with E-state index in [-0.39, 0.29) is 0 Å². The average Bonchev–Trinajstić information content (AvgIpc) is 3.53. The van der Waals surface area contributed by atoms with Crippen molar-refractivity contribution in [3.63, 3.8) is 0 Å². The van der Waals surface area contributed by atoms with Crippen molar-refractivity contribution in [3.05, 3.63) is 82.5 Å². The van der Waals surface area contributed by atoms with Crippen molar-refractivity contribution >= 4 is 22.1 Å². The van der Waals surface area contributed by atoms with Crippen molar-refractivity contribution < 1.29 is 4.42 Å². The van der Waals surface area contributed by atoms with Gasteiger partial charge in [-0.1, -0.05) is 51.7 Å². The summed E-state index contributed by atoms with van der Waals surface area (Å²) in [5.41, 5.74) is 12.5. The summed E-state index contributed by atoms with van der Waals surface area (Å²) >= 11 is 0. The van der Waals surface area contributed by atoms with Gasteiger partial charge in [-0.3, -0.25) is 4.98 Å². The summed E-state index contributed by atoms with van der Waals surface area (Å²) in [5.74, 6) is 1.30. The van der Waals surface area contributed by atoms with Gasteiger partial charge in [0.15, 0.2) is 0 Å². The van der Waals surface area contributed by atoms with E-state index in [0.29, 0.717) is 11.6 Å². The SMILES string of the molecule is Cc1ccc(C)c(-c2ccc3c(n2)oc2ccc(-c4cc(CC5CCCC5)c(C(C)C)cn4)cc23)c1C. The molecule has 0 bridgehead atoms. The molecule has 6 rings (SSSR count). The van der Waals surface area contributed by atoms with Gasteiger partial charge in [0.1, 0.15) is 5.58 Å². The highest BCUT2D eigenvalue weighted by Crippen LogP contribution is 2.36. The highest BCUT2D eigenvalue weighted by Gasteiger charge is 2.20. The minimum atomic E-state index is 0.485. The van der Waals surface area contributed by atoms with Crippen molar-refractivity contribution in [2.75, 3.05) is 0 Å². The summed E-state index contributed by atoms with van der Waals surface area (Å²) in [7, 11) is 0. The molecule has 0 atom stereocenters. The number of aryl methyl sites for hydroxylation is 2. The summed E-state index contributed by atoms with van der Waals surface area (Å²) in [6.45, 7) is 11.0. The van der Waals surface area contributed by atoms with Crippen LogP contribution >= 0.6 is 0 Å². The summed E-state index contributed by atoms with van der Waals surface area (Å²) in [6, 6.07) is 17.4. The lowest BCUT2D eigenvalue weighted by molar-refractivity contribution is 0.542. The smallest absolute Gasteiger partial charge is 0.227 e. The zero-order valence-electron chi connectivity index (χ0n) is 22.7. The van der Waals surface area contributed by atoms with E-state index in [2.05, 4.69) is 89.3 Å². The molecule has 3 heterocycles. The van der Waals surface area contributed by atoms with Crippen molar-refractivity contribution in [1.29, 1.82) is 0 Å². The molecular weight excluding hydrogens is 452 g/mol. The van der Waals surface area contributed by atoms with Crippen molar-refractivity contribution in [2.24, 2.45) is 5.92 Å². The zero-order chi connectivity index (χ0) is 25.7. The molecule has 3 aromatic heterocycles. The molecule has 0 N–H and O–H groups in total. The average molecular weight is 489 g/mol. The molecule has 1 fully saturated rings. The quantitative estimate of drug-likeness (QED) is 0.247. The Bertz CT molecular complexity index is 1620. The second kappa shape index (κ2) is 9.45. The van der Waals surface area contributed by atoms with Gasteiger partial charge in [-0.05, 0) is 103 Å². The van der Waals surface area contributed by atoms with E-state index in [9.17, 15) is 0 Å². The first-order chi connectivity index (χ1) is 17.9. The second-order valence-electron chi connectivity index (χ2n) is 11.3. The van der Waals surface area contributed by atoms with E-state index in [0.717, 1.165) is 39.2 Å². The standard InChI is InChI=1S/C34H36N2O/c1-20(2)29-19-35-31(18-26(29)16-24-8-6-7-9-24)25-12-15-32-28(17-25)27-13-14-30(36-34(27)37-32)33-22(4)11-10-21(3)23(33)5/h10-15,17-20,24H,6-9,16H2,1-5H3. The highest BCUT2D eigenvalue weighted by atomic mass is 16.3. The number of furan rings is 1. The Morgan fingerprint density at radius 3 is 2.43 bits per heavy atom. The number of nitrogens with zero attached hydrogens (tertiary/aromatic N) is 2. The van der Waals surface area contributed by atoms with Crippen molar-refractivity contribution in [2.45, 2.75) is 72.6 Å². The van der Waals surface area contributed by atoms with Crippen LogP contribution in [0.1, 0.15) is 73.3 Å². The molecular formula is C34H36N2O. The first-order valence-electron chi connectivity index (χ1n) is 13.8. The van der Waals surface area contributed by atoms with Crippen molar-refractivity contribution in [3.8, 4) is 22.5 Å². The maximum Gasteiger partial charge on any atom is 0.227 e. The maximum atomic E-state index is 6.25. The van der Waals surface area contributed by atoms with Crippen LogP contribution in [0.5, 0.6) is 0 Å². The molecule has 0 unspecified atom stereocenters. The predicted molar refractivity (Wildman–Crippen MR) is 154 cm³/mol. The molecule has 1 aliphatic rings. The minimum absolute atomic E-state index is 0.485. The van der Waals surface area contributed by atoms with Crippen LogP contribution in [0.2, 0.25) is 0 Å². The molecule has 188 valence electrons. The monoisotopic (exact) mass is 488 g/mol. The molecule has 3 heteroatoms. The van der Waals surface area contributed by atoms with E-state index in [1.165, 1.54) is 65.5 Å². The third-order valence-electron chi connectivity index (χ3n) is 8.46. The highest BCUT2D eigenvalue weighted by molar-refractivity contribution is 6.05. The summed E-state index contributed by atoms with van der Waals surface area (Å²) in [4.78, 5) is 9.88. The Labute approximate surface area is 220 Å². The largest absolute Gasteiger partial charge is 0.438 e. The van der Waals surface area contributed by atoms with Gasteiger partial charge in [-0.15, -0.1) is 0 Å². The van der Waals surface area contributed by atoms with E-state index >= 15 is 0 Å². The Kier molecular flexibility index (Phi) is 6.10. The molecule has 0 amide bonds. The third-order valence-corrected chi connectivity index (χ3v) is 8.46. The maximum absolute atomic E-state index is 6.25. The van der Waals surface area contributed by atoms with Crippen LogP contribution in [0.25, 0.3) is 44.6 Å². The van der Waals surface area contributed by atoms with E-state index in [4.69, 9.17) is 14.4 Å². The molecule has 3 nitrogen and oxygen atoms in total. The topological polar surface area (TPSA) is 38.9 Å². The van der Waals surface area contributed by atoms with Gasteiger partial charge in [0.2, 0.25) is 5.71 Å². The number of hydrogen-bond donors (Lipinski definition) is 0. The van der Waals surface area contributed by atoms with E-state index in [1.807, 2.05) is 0 Å². The van der Waals surface area contributed by atoms with Crippen molar-refractivity contribution in [1.82, 2.24) is 9.97 Å². The number of hydrogen-bond acceptors (Lipinski definition) is 3. The summed E-state index contributed by atoms with van der Waals surface area (Å²) < 4.78 is 6.25. The van der Waals surface area contributed by atoms with Gasteiger partial charge in [0, 0.05) is 28.1 Å². The van der Waals surface area contributed by atoms with E-state index in [1.54, 1.807) is 0 Å². The fourth-order valence-corrected chi connectivity index (χ4v) is 6.19. The molecule has 0 spiro atoms. The lowest BCUT2D eigenvalue weighted by Crippen LogP contribution is -2.05. The van der Waals surface area contributed by atoms with Gasteiger partial charge in [-0.25, -0.2) is 4.98 Å².